The molecule has 0 bridgehead atoms. The van der Waals surface area contributed by atoms with Crippen LogP contribution in [0.3, 0.4) is 0 Å². The third-order valence-corrected chi connectivity index (χ3v) is 16.1. The van der Waals surface area contributed by atoms with Crippen molar-refractivity contribution in [1.82, 2.24) is 49.7 Å². The summed E-state index contributed by atoms with van der Waals surface area (Å²) in [5.41, 5.74) is 8.07. The Kier molecular flexibility index (Phi) is 15.8. The van der Waals surface area contributed by atoms with E-state index in [2.05, 4.69) is 77.4 Å². The van der Waals surface area contributed by atoms with Gasteiger partial charge in [-0.25, -0.2) is 18.7 Å². The van der Waals surface area contributed by atoms with Gasteiger partial charge in [0.1, 0.15) is 41.8 Å². The van der Waals surface area contributed by atoms with E-state index in [0.717, 1.165) is 110 Å². The minimum atomic E-state index is -0.365. The van der Waals surface area contributed by atoms with Gasteiger partial charge in [0.2, 0.25) is 0 Å². The summed E-state index contributed by atoms with van der Waals surface area (Å²) < 4.78 is 53.4. The third kappa shape index (κ3) is 11.6. The molecular weight excluding hydrogens is 1100 g/mol. The predicted molar refractivity (Wildman–Crippen MR) is 312 cm³/mol. The number of nitrogens with zero attached hydrogens (tertiary/aromatic N) is 8. The van der Waals surface area contributed by atoms with Crippen molar-refractivity contribution in [1.29, 1.82) is 0 Å². The molecule has 78 heavy (non-hydrogen) atoms. The Morgan fingerprint density at radius 3 is 1.55 bits per heavy atom. The monoisotopic (exact) mass is 1160 g/mol. The highest BCUT2D eigenvalue weighted by molar-refractivity contribution is 14.1. The number of pyridine rings is 6. The van der Waals surface area contributed by atoms with Crippen molar-refractivity contribution < 1.29 is 27.6 Å². The van der Waals surface area contributed by atoms with Crippen LogP contribution in [0, 0.1) is 15.2 Å². The van der Waals surface area contributed by atoms with Crippen molar-refractivity contribution >= 4 is 79.0 Å². The van der Waals surface area contributed by atoms with Gasteiger partial charge in [-0.15, -0.1) is 0 Å². The Morgan fingerprint density at radius 2 is 1.05 bits per heavy atom. The zero-order chi connectivity index (χ0) is 53.8. The number of likely N-dealkylation sites (tertiary alicyclic amines) is 2. The summed E-state index contributed by atoms with van der Waals surface area (Å²) in [6.45, 7) is 16.4. The van der Waals surface area contributed by atoms with Crippen molar-refractivity contribution in [3.8, 4) is 45.1 Å². The summed E-state index contributed by atoms with van der Waals surface area (Å²) >= 11 is 2.01. The first-order valence-corrected chi connectivity index (χ1v) is 27.6. The molecule has 10 aromatic rings. The van der Waals surface area contributed by atoms with Gasteiger partial charge in [-0.1, -0.05) is 24.3 Å². The summed E-state index contributed by atoms with van der Waals surface area (Å²) in [7, 11) is -0.307. The lowest BCUT2D eigenvalue weighted by atomic mass is 9.79. The van der Waals surface area contributed by atoms with E-state index in [-0.39, 0.29) is 30.0 Å². The van der Waals surface area contributed by atoms with Crippen LogP contribution in [0.5, 0.6) is 11.5 Å². The predicted octanol–water partition coefficient (Wildman–Crippen LogP) is 11.8. The first-order chi connectivity index (χ1) is 37.9. The number of benzene rings is 2. The zero-order valence-corrected chi connectivity index (χ0v) is 46.3. The van der Waals surface area contributed by atoms with Crippen LogP contribution >= 0.6 is 22.6 Å². The molecule has 11 heterocycles. The smallest absolute Gasteiger partial charge is 0.492 e. The number of aromatic nitrogens is 8. The molecule has 0 radical (unpaired) electrons. The van der Waals surface area contributed by atoms with Gasteiger partial charge in [-0.05, 0) is 174 Å². The average molecular weight is 1160 g/mol. The summed E-state index contributed by atoms with van der Waals surface area (Å²) in [6.07, 6.45) is 18.2. The van der Waals surface area contributed by atoms with Gasteiger partial charge in [0.25, 0.3) is 0 Å². The first kappa shape index (κ1) is 53.1. The molecule has 0 saturated carbocycles. The second kappa shape index (κ2) is 23.2. The molecule has 3 aliphatic heterocycles. The molecule has 398 valence electrons. The average Bonchev–Trinajstić information content (AvgIpc) is 4.43. The van der Waals surface area contributed by atoms with E-state index in [0.29, 0.717) is 27.0 Å². The Labute approximate surface area is 465 Å². The lowest BCUT2D eigenvalue weighted by Gasteiger charge is -2.32. The van der Waals surface area contributed by atoms with Gasteiger partial charge < -0.3 is 28.8 Å². The molecule has 14 nitrogen and oxygen atoms in total. The number of hydrogen-bond donors (Lipinski definition) is 2. The Hall–Kier alpha value is -6.97. The van der Waals surface area contributed by atoms with E-state index in [9.17, 15) is 4.39 Å². The normalized spacial score (nSPS) is 16.2. The van der Waals surface area contributed by atoms with E-state index in [1.807, 2.05) is 108 Å². The molecule has 0 spiro atoms. The molecule has 0 aliphatic carbocycles. The van der Waals surface area contributed by atoms with Crippen LogP contribution in [0.25, 0.3) is 77.5 Å². The lowest BCUT2D eigenvalue weighted by molar-refractivity contribution is 0.00578. The molecule has 2 aromatic carbocycles. The molecule has 18 heteroatoms. The Balaban J connectivity index is 0.000000129. The molecule has 3 fully saturated rings. The number of hydrogen-bond acceptors (Lipinski definition) is 12. The minimum Gasteiger partial charge on any atom is -0.492 e. The van der Waals surface area contributed by atoms with Gasteiger partial charge in [0.05, 0.1) is 62.0 Å². The standard InChI is InChI=1S/C27H24FN5O.C18H28BNO3.C15H8FIN4/c28-22-16-31-27-26(21-14-23(30-17-24(21)32-27)19-4-3-9-29-15-19)25(22)18-5-7-20(8-6-18)34-13-12-33-10-1-2-11-33;1-17(2)18(3,4)23-19(22-17)15-7-9-16(10-8-15)21-14-13-20-11-5-6-12-20;16-10-6-20-15-13(14(10)17)9-4-11(19-7-12(9)21-15)8-2-1-3-18-5-8/h3-9,14-17H,1-2,10-13H2,(H,31,32);7-10H,5-6,11-14H2,1-4H3;1-7H,(H,20,21). The largest absolute Gasteiger partial charge is 0.494 e. The van der Waals surface area contributed by atoms with Crippen molar-refractivity contribution in [3.05, 3.63) is 150 Å². The Bertz CT molecular complexity index is 3660. The molecule has 0 amide bonds. The maximum absolute atomic E-state index is 15.2. The SMILES string of the molecule is CC1(C)OB(c2ccc(OCCN3CCCC3)cc2)OC1(C)C.Fc1cnc2[nH]c3cnc(-c4cccnc4)cc3c2c1-c1ccc(OCCN2CCCC2)cc1.Fc1cnc2[nH]c3cnc(-c4cccnc4)cc3c2c1I. The maximum Gasteiger partial charge on any atom is 0.494 e. The number of ether oxygens (including phenoxy) is 2. The highest BCUT2D eigenvalue weighted by Crippen LogP contribution is 2.39. The van der Waals surface area contributed by atoms with Crippen molar-refractivity contribution in [2.45, 2.75) is 64.6 Å². The molecule has 0 atom stereocenters. The van der Waals surface area contributed by atoms with Crippen LogP contribution in [0.4, 0.5) is 8.78 Å². The number of rotatable bonds is 12. The minimum absolute atomic E-state index is 0.303. The van der Waals surface area contributed by atoms with Crippen LogP contribution in [0.2, 0.25) is 0 Å². The molecule has 13 rings (SSSR count). The highest BCUT2D eigenvalue weighted by atomic mass is 127. The van der Waals surface area contributed by atoms with Crippen LogP contribution in [0.1, 0.15) is 53.4 Å². The van der Waals surface area contributed by atoms with Crippen molar-refractivity contribution in [2.75, 3.05) is 52.5 Å². The fraction of sp³-hybridized carbons (Fsp3) is 0.300. The van der Waals surface area contributed by atoms with E-state index in [1.54, 1.807) is 37.2 Å². The summed E-state index contributed by atoms with van der Waals surface area (Å²) in [6, 6.07) is 27.2. The molecular formula is C60H60BF2IN10O4. The van der Waals surface area contributed by atoms with Gasteiger partial charge in [-0.3, -0.25) is 29.7 Å². The first-order valence-electron chi connectivity index (χ1n) is 26.5. The van der Waals surface area contributed by atoms with Crippen LogP contribution in [0.15, 0.2) is 135 Å². The molecule has 2 N–H and O–H groups in total. The summed E-state index contributed by atoms with van der Waals surface area (Å²) in [5, 5.41) is 3.32. The Morgan fingerprint density at radius 1 is 0.577 bits per heavy atom. The van der Waals surface area contributed by atoms with Crippen LogP contribution < -0.4 is 14.9 Å². The molecule has 3 aliphatic rings. The van der Waals surface area contributed by atoms with Crippen molar-refractivity contribution in [2.24, 2.45) is 0 Å². The second-order valence-corrected chi connectivity index (χ2v) is 21.9. The third-order valence-electron chi connectivity index (χ3n) is 15.1. The van der Waals surface area contributed by atoms with Crippen LogP contribution in [-0.4, -0.2) is 120 Å². The fourth-order valence-electron chi connectivity index (χ4n) is 10.1. The molecule has 3 saturated heterocycles. The summed E-state index contributed by atoms with van der Waals surface area (Å²) in [5.74, 6) is 1.01. The maximum atomic E-state index is 15.2. The van der Waals surface area contributed by atoms with E-state index in [1.165, 1.54) is 51.2 Å². The quantitative estimate of drug-likeness (QED) is 0.0884. The van der Waals surface area contributed by atoms with Gasteiger partial charge in [0, 0.05) is 76.1 Å². The van der Waals surface area contributed by atoms with Gasteiger partial charge in [-0.2, -0.15) is 0 Å². The van der Waals surface area contributed by atoms with Crippen LogP contribution in [-0.2, 0) is 9.31 Å². The topological polar surface area (TPSA) is 152 Å². The number of halogens is 3. The van der Waals surface area contributed by atoms with E-state index < -0.39 is 0 Å². The fourth-order valence-corrected chi connectivity index (χ4v) is 10.8. The number of fused-ring (bicyclic) bond motifs is 6. The highest BCUT2D eigenvalue weighted by Gasteiger charge is 2.51. The number of aromatic amines is 2. The van der Waals surface area contributed by atoms with Crippen molar-refractivity contribution in [3.63, 3.8) is 0 Å². The van der Waals surface area contributed by atoms with E-state index >= 15 is 4.39 Å². The second-order valence-electron chi connectivity index (χ2n) is 20.8. The van der Waals surface area contributed by atoms with E-state index in [4.69, 9.17) is 18.8 Å². The number of H-pyrrole nitrogens is 2. The van der Waals surface area contributed by atoms with Gasteiger partial charge >= 0.3 is 7.12 Å². The molecule has 8 aromatic heterocycles. The number of nitrogens with one attached hydrogen (secondary N) is 2. The summed E-state index contributed by atoms with van der Waals surface area (Å²) in [4.78, 5) is 37.0. The lowest BCUT2D eigenvalue weighted by Crippen LogP contribution is -2.41. The molecule has 0 unspecified atom stereocenters. The zero-order valence-electron chi connectivity index (χ0n) is 44.1. The van der Waals surface area contributed by atoms with Gasteiger partial charge in [0.15, 0.2) is 5.82 Å².